The van der Waals surface area contributed by atoms with Crippen molar-refractivity contribution in [2.45, 2.75) is 40.0 Å². The van der Waals surface area contributed by atoms with E-state index in [0.29, 0.717) is 0 Å². The average Bonchev–Trinajstić information content (AvgIpc) is 2.36. The predicted molar refractivity (Wildman–Crippen MR) is 87.7 cm³/mol. The fraction of sp³-hybridized carbons (Fsp3) is 0.438. The lowest BCUT2D eigenvalue weighted by atomic mass is 10.2. The number of hydrogen-bond donors (Lipinski definition) is 0. The summed E-state index contributed by atoms with van der Waals surface area (Å²) >= 11 is 0. The lowest BCUT2D eigenvalue weighted by Gasteiger charge is -2.07. The molecular formula is C16H24NOP. The maximum Gasteiger partial charge on any atom is 0.119 e. The van der Waals surface area contributed by atoms with Crippen molar-refractivity contribution in [3.8, 4) is 5.75 Å². The molecule has 0 bridgehead atoms. The maximum absolute atomic E-state index is 5.71. The Morgan fingerprint density at radius 3 is 2.53 bits per heavy atom. The Hall–Kier alpha value is -1.14. The van der Waals surface area contributed by atoms with Crippen LogP contribution in [0.3, 0.4) is 0 Å². The van der Waals surface area contributed by atoms with Gasteiger partial charge in [-0.25, -0.2) is 0 Å². The molecule has 0 aromatic heterocycles. The van der Waals surface area contributed by atoms with E-state index in [2.05, 4.69) is 27.2 Å². The number of nitrogens with zero attached hydrogens (tertiary/aromatic N) is 1. The van der Waals surface area contributed by atoms with E-state index in [9.17, 15) is 0 Å². The highest BCUT2D eigenvalue weighted by molar-refractivity contribution is 7.27. The first-order valence-corrected chi connectivity index (χ1v) is 7.38. The molecule has 0 radical (unpaired) electrons. The molecule has 0 spiro atoms. The second-order valence-electron chi connectivity index (χ2n) is 4.68. The van der Waals surface area contributed by atoms with E-state index in [0.717, 1.165) is 37.3 Å². The molecule has 1 aromatic carbocycles. The van der Waals surface area contributed by atoms with E-state index in [1.807, 2.05) is 38.1 Å². The van der Waals surface area contributed by atoms with Gasteiger partial charge in [-0.1, -0.05) is 25.1 Å². The van der Waals surface area contributed by atoms with Crippen LogP contribution in [0, 0.1) is 0 Å². The van der Waals surface area contributed by atoms with E-state index in [-0.39, 0.29) is 0 Å². The van der Waals surface area contributed by atoms with E-state index >= 15 is 0 Å². The SMILES string of the molecule is CC/C=C(/CCCOc1ccc(P)cc1)N=C(C)C. The molecule has 0 N–H and O–H groups in total. The van der Waals surface area contributed by atoms with Gasteiger partial charge in [0.25, 0.3) is 0 Å². The van der Waals surface area contributed by atoms with Crippen LogP contribution < -0.4 is 10.0 Å². The topological polar surface area (TPSA) is 21.6 Å². The van der Waals surface area contributed by atoms with Crippen molar-refractivity contribution in [3.63, 3.8) is 0 Å². The highest BCUT2D eigenvalue weighted by atomic mass is 31.0. The number of hydrogen-bond acceptors (Lipinski definition) is 2. The smallest absolute Gasteiger partial charge is 0.119 e. The summed E-state index contributed by atoms with van der Waals surface area (Å²) in [6.45, 7) is 6.94. The normalized spacial score (nSPS) is 11.3. The summed E-state index contributed by atoms with van der Waals surface area (Å²) in [5, 5.41) is 1.17. The molecule has 0 saturated heterocycles. The van der Waals surface area contributed by atoms with Crippen LogP contribution in [-0.4, -0.2) is 12.3 Å². The van der Waals surface area contributed by atoms with Crippen molar-refractivity contribution >= 4 is 20.3 Å². The number of allylic oxidation sites excluding steroid dienone is 2. The van der Waals surface area contributed by atoms with Gasteiger partial charge in [-0.15, -0.1) is 9.24 Å². The lowest BCUT2D eigenvalue weighted by molar-refractivity contribution is 0.311. The van der Waals surface area contributed by atoms with Gasteiger partial charge in [-0.2, -0.15) is 0 Å². The van der Waals surface area contributed by atoms with Gasteiger partial charge in [0, 0.05) is 11.4 Å². The van der Waals surface area contributed by atoms with Crippen LogP contribution in [0.15, 0.2) is 41.0 Å². The Bertz CT molecular complexity index is 431. The van der Waals surface area contributed by atoms with E-state index < -0.39 is 0 Å². The Balaban J connectivity index is 2.35. The molecule has 0 saturated carbocycles. The Kier molecular flexibility index (Phi) is 7.43. The van der Waals surface area contributed by atoms with Gasteiger partial charge in [0.05, 0.1) is 6.61 Å². The van der Waals surface area contributed by atoms with E-state index in [1.165, 1.54) is 11.0 Å². The predicted octanol–water partition coefficient (Wildman–Crippen LogP) is 4.12. The standard InChI is InChI=1S/C16H24NOP/c1-4-6-14(17-13(2)3)7-5-12-18-15-8-10-16(19)11-9-15/h6,8-11H,4-5,7,12,19H2,1-3H3/b14-6-. The zero-order valence-electron chi connectivity index (χ0n) is 12.1. The number of rotatable bonds is 7. The molecular weight excluding hydrogens is 253 g/mol. The minimum Gasteiger partial charge on any atom is -0.494 e. The zero-order chi connectivity index (χ0) is 14.1. The van der Waals surface area contributed by atoms with Gasteiger partial charge in [0.15, 0.2) is 0 Å². The van der Waals surface area contributed by atoms with Gasteiger partial charge in [0.1, 0.15) is 5.75 Å². The highest BCUT2D eigenvalue weighted by Crippen LogP contribution is 2.12. The van der Waals surface area contributed by atoms with Crippen LogP contribution in [0.5, 0.6) is 5.75 Å². The van der Waals surface area contributed by atoms with Crippen molar-refractivity contribution in [2.24, 2.45) is 4.99 Å². The van der Waals surface area contributed by atoms with Crippen molar-refractivity contribution in [1.29, 1.82) is 0 Å². The zero-order valence-corrected chi connectivity index (χ0v) is 13.3. The number of ether oxygens (including phenoxy) is 1. The van der Waals surface area contributed by atoms with Crippen molar-refractivity contribution in [1.82, 2.24) is 0 Å². The van der Waals surface area contributed by atoms with Crippen LogP contribution >= 0.6 is 9.24 Å². The molecule has 0 heterocycles. The van der Waals surface area contributed by atoms with Gasteiger partial charge in [0.2, 0.25) is 0 Å². The quantitative estimate of drug-likeness (QED) is 0.417. The minimum atomic E-state index is 0.732. The molecule has 0 fully saturated rings. The van der Waals surface area contributed by atoms with Crippen molar-refractivity contribution in [2.75, 3.05) is 6.61 Å². The molecule has 1 unspecified atom stereocenters. The van der Waals surface area contributed by atoms with Crippen molar-refractivity contribution < 1.29 is 4.74 Å². The average molecular weight is 277 g/mol. The summed E-state index contributed by atoms with van der Waals surface area (Å²) in [6, 6.07) is 8.07. The van der Waals surface area contributed by atoms with Gasteiger partial charge >= 0.3 is 0 Å². The third-order valence-electron chi connectivity index (χ3n) is 2.53. The fourth-order valence-electron chi connectivity index (χ4n) is 1.73. The maximum atomic E-state index is 5.71. The Morgan fingerprint density at radius 2 is 1.95 bits per heavy atom. The lowest BCUT2D eigenvalue weighted by Crippen LogP contribution is -1.99. The third kappa shape index (κ3) is 7.12. The number of benzene rings is 1. The van der Waals surface area contributed by atoms with Gasteiger partial charge in [-0.3, -0.25) is 4.99 Å². The second kappa shape index (κ2) is 8.87. The summed E-state index contributed by atoms with van der Waals surface area (Å²) in [4.78, 5) is 4.54. The third-order valence-corrected chi connectivity index (χ3v) is 2.92. The van der Waals surface area contributed by atoms with Crippen LogP contribution in [0.25, 0.3) is 0 Å². The molecule has 1 aromatic rings. The first-order valence-electron chi connectivity index (χ1n) is 6.81. The van der Waals surface area contributed by atoms with Crippen molar-refractivity contribution in [3.05, 3.63) is 36.0 Å². The van der Waals surface area contributed by atoms with Gasteiger partial charge in [-0.05, 0) is 50.5 Å². The van der Waals surface area contributed by atoms with E-state index in [4.69, 9.17) is 4.74 Å². The molecule has 2 nitrogen and oxygen atoms in total. The summed E-state index contributed by atoms with van der Waals surface area (Å²) in [5.41, 5.74) is 2.28. The monoisotopic (exact) mass is 277 g/mol. The largest absolute Gasteiger partial charge is 0.494 e. The molecule has 0 amide bonds. The summed E-state index contributed by atoms with van der Waals surface area (Å²) in [5.74, 6) is 0.933. The summed E-state index contributed by atoms with van der Waals surface area (Å²) in [7, 11) is 2.67. The van der Waals surface area contributed by atoms with Crippen LogP contribution in [0.4, 0.5) is 0 Å². The van der Waals surface area contributed by atoms with Gasteiger partial charge < -0.3 is 4.74 Å². The summed E-state index contributed by atoms with van der Waals surface area (Å²) < 4.78 is 5.71. The molecule has 3 heteroatoms. The molecule has 0 aliphatic heterocycles. The highest BCUT2D eigenvalue weighted by Gasteiger charge is 1.97. The molecule has 1 rings (SSSR count). The van der Waals surface area contributed by atoms with Crippen LogP contribution in [-0.2, 0) is 0 Å². The fourth-order valence-corrected chi connectivity index (χ4v) is 1.93. The Labute approximate surface area is 119 Å². The van der Waals surface area contributed by atoms with Crippen LogP contribution in [0.2, 0.25) is 0 Å². The molecule has 1 atom stereocenters. The summed E-state index contributed by atoms with van der Waals surface area (Å²) in [6.07, 6.45) is 5.19. The molecule has 0 aliphatic carbocycles. The molecule has 19 heavy (non-hydrogen) atoms. The molecule has 0 aliphatic rings. The minimum absolute atomic E-state index is 0.732. The Morgan fingerprint density at radius 1 is 1.26 bits per heavy atom. The number of aliphatic imine (C=N–C) groups is 1. The second-order valence-corrected chi connectivity index (χ2v) is 5.35. The molecule has 104 valence electrons. The first kappa shape index (κ1) is 15.9. The van der Waals surface area contributed by atoms with E-state index in [1.54, 1.807) is 0 Å². The first-order chi connectivity index (χ1) is 9.11. The van der Waals surface area contributed by atoms with Crippen LogP contribution in [0.1, 0.15) is 40.0 Å².